The molecule has 448 valence electrons. The number of amides is 1. The third-order valence-electron chi connectivity index (χ3n) is 15.6. The van der Waals surface area contributed by atoms with Gasteiger partial charge in [-0.15, -0.1) is 0 Å². The summed E-state index contributed by atoms with van der Waals surface area (Å²) in [4.78, 5) is 26.5. The van der Waals surface area contributed by atoms with Gasteiger partial charge in [-0.25, -0.2) is 0 Å². The molecule has 0 aromatic rings. The minimum atomic E-state index is -1.61. The van der Waals surface area contributed by atoms with Gasteiger partial charge in [-0.3, -0.25) is 9.59 Å². The standard InChI is InChI=1S/C65H123NO10/c1-4-7-10-13-16-19-22-25-27-28-29-30-31-32-34-37-40-43-46-49-52-58(69)64(73)66-56(57(68)51-48-45-42-39-36-33-24-21-18-15-12-9-6-3)55-74-65-63(62(72)61(71)59(54-67)75-65)76-60(70)53-50-47-44-41-38-35-26-23-20-17-14-11-8-5-2/h35,38,48,51,56-59,61-63,65,67-69,71-72H,4-34,36-37,39-47,49-50,52-55H2,1-3H3,(H,66,73)/b38-35-,51-48+. The van der Waals surface area contributed by atoms with Gasteiger partial charge < -0.3 is 45.1 Å². The molecule has 8 unspecified atom stereocenters. The predicted molar refractivity (Wildman–Crippen MR) is 315 cm³/mol. The van der Waals surface area contributed by atoms with Crippen LogP contribution in [0.5, 0.6) is 0 Å². The molecule has 0 saturated carbocycles. The first-order valence-electron chi connectivity index (χ1n) is 32.6. The van der Waals surface area contributed by atoms with Gasteiger partial charge in [0.25, 0.3) is 0 Å². The number of hydrogen-bond donors (Lipinski definition) is 6. The summed E-state index contributed by atoms with van der Waals surface area (Å²) in [7, 11) is 0. The van der Waals surface area contributed by atoms with Crippen molar-refractivity contribution in [2.24, 2.45) is 0 Å². The van der Waals surface area contributed by atoms with Gasteiger partial charge in [-0.1, -0.05) is 283 Å². The second-order valence-corrected chi connectivity index (χ2v) is 22.9. The average Bonchev–Trinajstić information content (AvgIpc) is 3.42. The van der Waals surface area contributed by atoms with Gasteiger partial charge in [-0.05, 0) is 51.4 Å². The maximum atomic E-state index is 13.4. The highest BCUT2D eigenvalue weighted by Crippen LogP contribution is 2.26. The number of aliphatic hydroxyl groups is 5. The number of aliphatic hydroxyl groups excluding tert-OH is 5. The molecule has 11 heteroatoms. The van der Waals surface area contributed by atoms with Gasteiger partial charge in [0.1, 0.15) is 24.4 Å². The monoisotopic (exact) mass is 1080 g/mol. The second kappa shape index (κ2) is 53.8. The van der Waals surface area contributed by atoms with Crippen molar-refractivity contribution in [3.05, 3.63) is 24.3 Å². The Morgan fingerprint density at radius 1 is 0.500 bits per heavy atom. The van der Waals surface area contributed by atoms with Crippen LogP contribution in [0.3, 0.4) is 0 Å². The van der Waals surface area contributed by atoms with E-state index in [-0.39, 0.29) is 13.0 Å². The highest BCUT2D eigenvalue weighted by Gasteiger charge is 2.47. The molecule has 0 spiro atoms. The number of unbranched alkanes of at least 4 members (excludes halogenated alkanes) is 40. The molecule has 1 fully saturated rings. The molecule has 11 nitrogen and oxygen atoms in total. The van der Waals surface area contributed by atoms with Crippen molar-refractivity contribution in [1.82, 2.24) is 5.32 Å². The maximum absolute atomic E-state index is 13.4. The summed E-state index contributed by atoms with van der Waals surface area (Å²) in [6.07, 6.45) is 52.2. The molecule has 0 bridgehead atoms. The predicted octanol–water partition coefficient (Wildman–Crippen LogP) is 15.7. The van der Waals surface area contributed by atoms with Crippen LogP contribution in [0.25, 0.3) is 0 Å². The minimum Gasteiger partial charge on any atom is -0.454 e. The lowest BCUT2D eigenvalue weighted by molar-refractivity contribution is -0.305. The Morgan fingerprint density at radius 3 is 1.28 bits per heavy atom. The van der Waals surface area contributed by atoms with Gasteiger partial charge in [0.05, 0.1) is 25.4 Å². The van der Waals surface area contributed by atoms with Crippen LogP contribution in [0.15, 0.2) is 24.3 Å². The van der Waals surface area contributed by atoms with E-state index >= 15 is 0 Å². The van der Waals surface area contributed by atoms with Crippen LogP contribution in [0.1, 0.15) is 316 Å². The molecule has 1 amide bonds. The fourth-order valence-corrected chi connectivity index (χ4v) is 10.4. The minimum absolute atomic E-state index is 0.107. The molecule has 6 N–H and O–H groups in total. The SMILES string of the molecule is CCCCCCCCC/C=C\CCCCCC(=O)OC1C(OCC(NC(=O)C(O)CCCCCCCCCCCCCCCCCCCCCC)C(O)/C=C/CCCCCCCCCCCCC)OC(CO)C(O)C1O. The quantitative estimate of drug-likeness (QED) is 0.0195. The summed E-state index contributed by atoms with van der Waals surface area (Å²) in [5, 5.41) is 57.0. The van der Waals surface area contributed by atoms with Crippen LogP contribution < -0.4 is 5.32 Å². The van der Waals surface area contributed by atoms with Crippen molar-refractivity contribution >= 4 is 11.9 Å². The van der Waals surface area contributed by atoms with Crippen LogP contribution >= 0.6 is 0 Å². The molecule has 1 rings (SSSR count). The average molecular weight is 1080 g/mol. The Balaban J connectivity index is 2.65. The number of allylic oxidation sites excluding steroid dienone is 3. The van der Waals surface area contributed by atoms with Crippen LogP contribution in [0.2, 0.25) is 0 Å². The van der Waals surface area contributed by atoms with Gasteiger partial charge in [0.2, 0.25) is 5.91 Å². The first kappa shape index (κ1) is 72.2. The van der Waals surface area contributed by atoms with E-state index in [1.165, 1.54) is 205 Å². The Kier molecular flexibility index (Phi) is 51.0. The Hall–Kier alpha value is -1.86. The third-order valence-corrected chi connectivity index (χ3v) is 15.6. The zero-order chi connectivity index (χ0) is 55.4. The van der Waals surface area contributed by atoms with E-state index in [9.17, 15) is 35.1 Å². The lowest BCUT2D eigenvalue weighted by Crippen LogP contribution is -2.61. The lowest BCUT2D eigenvalue weighted by Gasteiger charge is -2.41. The summed E-state index contributed by atoms with van der Waals surface area (Å²) in [5.41, 5.74) is 0. The molecule has 1 aliphatic heterocycles. The number of nitrogens with one attached hydrogen (secondary N) is 1. The Morgan fingerprint density at radius 2 is 0.868 bits per heavy atom. The van der Waals surface area contributed by atoms with Crippen molar-refractivity contribution < 1.29 is 49.3 Å². The number of carbonyl (C=O) groups excluding carboxylic acids is 2. The van der Waals surface area contributed by atoms with Crippen molar-refractivity contribution in [2.45, 2.75) is 365 Å². The molecule has 1 saturated heterocycles. The topological polar surface area (TPSA) is 175 Å². The van der Waals surface area contributed by atoms with E-state index in [2.05, 4.69) is 38.2 Å². The van der Waals surface area contributed by atoms with E-state index in [1.54, 1.807) is 6.08 Å². The van der Waals surface area contributed by atoms with E-state index in [4.69, 9.17) is 14.2 Å². The molecule has 76 heavy (non-hydrogen) atoms. The van der Waals surface area contributed by atoms with Crippen molar-refractivity contribution in [3.63, 3.8) is 0 Å². The van der Waals surface area contributed by atoms with E-state index in [1.807, 2.05) is 6.08 Å². The first-order chi connectivity index (χ1) is 37.2. The largest absolute Gasteiger partial charge is 0.454 e. The number of ether oxygens (including phenoxy) is 3. The molecule has 1 aliphatic rings. The third kappa shape index (κ3) is 41.2. The summed E-state index contributed by atoms with van der Waals surface area (Å²) < 4.78 is 17.6. The Labute approximate surface area is 467 Å². The number of rotatable bonds is 56. The van der Waals surface area contributed by atoms with Gasteiger partial charge in [-0.2, -0.15) is 0 Å². The van der Waals surface area contributed by atoms with Crippen LogP contribution in [0, 0.1) is 0 Å². The smallest absolute Gasteiger partial charge is 0.306 e. The molecular weight excluding hydrogens is 955 g/mol. The van der Waals surface area contributed by atoms with Gasteiger partial charge in [0.15, 0.2) is 12.4 Å². The first-order valence-corrected chi connectivity index (χ1v) is 32.6. The van der Waals surface area contributed by atoms with E-state index < -0.39 is 67.4 Å². The number of carbonyl (C=O) groups is 2. The van der Waals surface area contributed by atoms with Crippen molar-refractivity contribution in [3.8, 4) is 0 Å². The molecule has 0 radical (unpaired) electrons. The van der Waals surface area contributed by atoms with Gasteiger partial charge >= 0.3 is 5.97 Å². The zero-order valence-corrected chi connectivity index (χ0v) is 49.6. The molecule has 0 aliphatic carbocycles. The van der Waals surface area contributed by atoms with E-state index in [0.717, 1.165) is 64.2 Å². The van der Waals surface area contributed by atoms with Crippen LogP contribution in [0.4, 0.5) is 0 Å². The van der Waals surface area contributed by atoms with Crippen molar-refractivity contribution in [1.29, 1.82) is 0 Å². The Bertz CT molecular complexity index is 1330. The summed E-state index contributed by atoms with van der Waals surface area (Å²) >= 11 is 0. The molecule has 1 heterocycles. The van der Waals surface area contributed by atoms with Crippen molar-refractivity contribution in [2.75, 3.05) is 13.2 Å². The molecule has 0 aromatic carbocycles. The van der Waals surface area contributed by atoms with Gasteiger partial charge in [0, 0.05) is 6.42 Å². The fourth-order valence-electron chi connectivity index (χ4n) is 10.4. The maximum Gasteiger partial charge on any atom is 0.306 e. The van der Waals surface area contributed by atoms with E-state index in [0.29, 0.717) is 19.3 Å². The van der Waals surface area contributed by atoms with Crippen LogP contribution in [-0.4, -0.2) is 99.6 Å². The fraction of sp³-hybridized carbons (Fsp3) is 0.908. The molecule has 8 atom stereocenters. The summed E-state index contributed by atoms with van der Waals surface area (Å²) in [6.45, 7) is 5.81. The normalized spacial score (nSPS) is 19.2. The number of esters is 1. The number of hydrogen-bond acceptors (Lipinski definition) is 10. The lowest BCUT2D eigenvalue weighted by atomic mass is 9.99. The molecular formula is C65H123NO10. The van der Waals surface area contributed by atoms with Crippen LogP contribution in [-0.2, 0) is 23.8 Å². The second-order valence-electron chi connectivity index (χ2n) is 22.9. The zero-order valence-electron chi connectivity index (χ0n) is 49.6. The highest BCUT2D eigenvalue weighted by atomic mass is 16.7. The highest BCUT2D eigenvalue weighted by molar-refractivity contribution is 5.80. The summed E-state index contributed by atoms with van der Waals surface area (Å²) in [5.74, 6) is -1.20. The molecule has 0 aromatic heterocycles. The summed E-state index contributed by atoms with van der Waals surface area (Å²) in [6, 6.07) is -1.02.